The van der Waals surface area contributed by atoms with Gasteiger partial charge < -0.3 is 10.1 Å². The molecule has 4 nitrogen and oxygen atoms in total. The third-order valence-electron chi connectivity index (χ3n) is 4.71. The fourth-order valence-electron chi connectivity index (χ4n) is 3.36. The predicted octanol–water partition coefficient (Wildman–Crippen LogP) is 3.96. The third kappa shape index (κ3) is 3.90. The van der Waals surface area contributed by atoms with Crippen LogP contribution >= 0.6 is 0 Å². The van der Waals surface area contributed by atoms with E-state index in [-0.39, 0.29) is 5.82 Å². The molecule has 1 aliphatic carbocycles. The zero-order valence-electron chi connectivity index (χ0n) is 14.1. The Bertz CT molecular complexity index is 782. The van der Waals surface area contributed by atoms with Crippen molar-refractivity contribution < 1.29 is 23.1 Å². The van der Waals surface area contributed by atoms with Crippen LogP contribution in [-0.2, 0) is 19.7 Å². The lowest BCUT2D eigenvalue weighted by Crippen LogP contribution is -2.36. The van der Waals surface area contributed by atoms with Gasteiger partial charge in [-0.3, -0.25) is 9.59 Å². The zero-order chi connectivity index (χ0) is 18.6. The Hall–Kier alpha value is -2.76. The van der Waals surface area contributed by atoms with E-state index in [1.807, 2.05) is 0 Å². The van der Waals surface area contributed by atoms with Crippen LogP contribution in [0, 0.1) is 11.6 Å². The molecule has 1 saturated carbocycles. The third-order valence-corrected chi connectivity index (χ3v) is 4.71. The molecule has 2 aromatic rings. The minimum Gasteiger partial charge on any atom is -0.455 e. The summed E-state index contributed by atoms with van der Waals surface area (Å²) in [6.45, 7) is -0.431. The summed E-state index contributed by atoms with van der Waals surface area (Å²) in [5, 5.41) is 2.54. The van der Waals surface area contributed by atoms with E-state index in [9.17, 15) is 18.4 Å². The number of halogens is 2. The van der Waals surface area contributed by atoms with Gasteiger partial charge in [-0.1, -0.05) is 25.0 Å². The first kappa shape index (κ1) is 18.0. The quantitative estimate of drug-likeness (QED) is 0.822. The van der Waals surface area contributed by atoms with E-state index in [2.05, 4.69) is 5.32 Å². The molecule has 0 unspecified atom stereocenters. The van der Waals surface area contributed by atoms with Gasteiger partial charge in [-0.05, 0) is 54.8 Å². The maximum Gasteiger partial charge on any atom is 0.317 e. The minimum absolute atomic E-state index is 0.367. The van der Waals surface area contributed by atoms with Crippen LogP contribution in [0.15, 0.2) is 48.5 Å². The SMILES string of the molecule is O=C(COC(=O)C1(c2ccc(F)cc2)CCCC1)Nc1ccc(F)cc1. The molecule has 0 aromatic heterocycles. The van der Waals surface area contributed by atoms with E-state index in [1.165, 1.54) is 36.4 Å². The number of benzene rings is 2. The van der Waals surface area contributed by atoms with Gasteiger partial charge in [0.25, 0.3) is 5.91 Å². The molecule has 1 aliphatic rings. The van der Waals surface area contributed by atoms with E-state index in [4.69, 9.17) is 4.74 Å². The molecule has 0 aliphatic heterocycles. The van der Waals surface area contributed by atoms with Crippen molar-refractivity contribution in [2.45, 2.75) is 31.1 Å². The Kier molecular flexibility index (Phi) is 5.30. The van der Waals surface area contributed by atoms with Crippen molar-refractivity contribution in [1.29, 1.82) is 0 Å². The number of hydrogen-bond acceptors (Lipinski definition) is 3. The fraction of sp³-hybridized carbons (Fsp3) is 0.300. The summed E-state index contributed by atoms with van der Waals surface area (Å²) < 4.78 is 31.3. The van der Waals surface area contributed by atoms with Crippen LogP contribution in [0.5, 0.6) is 0 Å². The van der Waals surface area contributed by atoms with Crippen LogP contribution in [0.4, 0.5) is 14.5 Å². The van der Waals surface area contributed by atoms with Gasteiger partial charge in [0.2, 0.25) is 0 Å². The van der Waals surface area contributed by atoms with Crippen LogP contribution in [0.25, 0.3) is 0 Å². The Morgan fingerprint density at radius 1 is 0.923 bits per heavy atom. The van der Waals surface area contributed by atoms with Crippen molar-refractivity contribution in [1.82, 2.24) is 0 Å². The molecule has 26 heavy (non-hydrogen) atoms. The zero-order valence-corrected chi connectivity index (χ0v) is 14.1. The summed E-state index contributed by atoms with van der Waals surface area (Å²) in [6, 6.07) is 11.1. The summed E-state index contributed by atoms with van der Waals surface area (Å²) >= 11 is 0. The van der Waals surface area contributed by atoms with E-state index >= 15 is 0 Å². The number of carbonyl (C=O) groups excluding carboxylic acids is 2. The summed E-state index contributed by atoms with van der Waals surface area (Å²) in [7, 11) is 0. The number of amides is 1. The van der Waals surface area contributed by atoms with E-state index in [0.717, 1.165) is 12.8 Å². The first-order valence-electron chi connectivity index (χ1n) is 8.48. The van der Waals surface area contributed by atoms with Crippen molar-refractivity contribution in [3.8, 4) is 0 Å². The van der Waals surface area contributed by atoms with Crippen molar-refractivity contribution in [2.24, 2.45) is 0 Å². The maximum absolute atomic E-state index is 13.2. The molecule has 0 saturated heterocycles. The van der Waals surface area contributed by atoms with Gasteiger partial charge in [0.15, 0.2) is 6.61 Å². The highest BCUT2D eigenvalue weighted by Gasteiger charge is 2.44. The summed E-state index contributed by atoms with van der Waals surface area (Å²) in [5.41, 5.74) is 0.297. The van der Waals surface area contributed by atoms with Crippen LogP contribution in [-0.4, -0.2) is 18.5 Å². The topological polar surface area (TPSA) is 55.4 Å². The number of ether oxygens (including phenoxy) is 1. The maximum atomic E-state index is 13.2. The van der Waals surface area contributed by atoms with E-state index in [1.54, 1.807) is 12.1 Å². The predicted molar refractivity (Wildman–Crippen MR) is 92.5 cm³/mol. The van der Waals surface area contributed by atoms with Crippen LogP contribution < -0.4 is 5.32 Å². The monoisotopic (exact) mass is 359 g/mol. The van der Waals surface area contributed by atoms with Gasteiger partial charge in [0.05, 0.1) is 5.41 Å². The van der Waals surface area contributed by atoms with E-state index in [0.29, 0.717) is 24.1 Å². The molecular weight excluding hydrogens is 340 g/mol. The van der Waals surface area contributed by atoms with Crippen molar-refractivity contribution >= 4 is 17.6 Å². The summed E-state index contributed by atoms with van der Waals surface area (Å²) in [6.07, 6.45) is 2.95. The van der Waals surface area contributed by atoms with Gasteiger partial charge in [-0.25, -0.2) is 8.78 Å². The number of anilines is 1. The molecule has 3 rings (SSSR count). The molecule has 0 atom stereocenters. The molecule has 136 valence electrons. The average molecular weight is 359 g/mol. The Labute approximate surface area is 150 Å². The summed E-state index contributed by atoms with van der Waals surface area (Å²) in [5.74, 6) is -1.75. The lowest BCUT2D eigenvalue weighted by molar-refractivity contribution is -0.153. The largest absolute Gasteiger partial charge is 0.455 e. The number of nitrogens with one attached hydrogen (secondary N) is 1. The average Bonchev–Trinajstić information content (AvgIpc) is 3.13. The molecule has 0 heterocycles. The molecule has 6 heteroatoms. The highest BCUT2D eigenvalue weighted by molar-refractivity contribution is 5.93. The van der Waals surface area contributed by atoms with Crippen molar-refractivity contribution in [3.63, 3.8) is 0 Å². The summed E-state index contributed by atoms with van der Waals surface area (Å²) in [4.78, 5) is 24.7. The second kappa shape index (κ2) is 7.64. The molecule has 2 aromatic carbocycles. The van der Waals surface area contributed by atoms with E-state index < -0.39 is 29.7 Å². The van der Waals surface area contributed by atoms with Crippen LogP contribution in [0.2, 0.25) is 0 Å². The number of hydrogen-bond donors (Lipinski definition) is 1. The van der Waals surface area contributed by atoms with Gasteiger partial charge in [-0.15, -0.1) is 0 Å². The second-order valence-electron chi connectivity index (χ2n) is 6.43. The fourth-order valence-corrected chi connectivity index (χ4v) is 3.36. The molecule has 1 amide bonds. The number of esters is 1. The molecule has 1 fully saturated rings. The Morgan fingerprint density at radius 2 is 1.46 bits per heavy atom. The minimum atomic E-state index is -0.830. The highest BCUT2D eigenvalue weighted by Crippen LogP contribution is 2.42. The van der Waals surface area contributed by atoms with Crippen molar-refractivity contribution in [3.05, 3.63) is 65.7 Å². The van der Waals surface area contributed by atoms with Crippen LogP contribution in [0.1, 0.15) is 31.2 Å². The number of carbonyl (C=O) groups is 2. The van der Waals surface area contributed by atoms with Gasteiger partial charge in [0, 0.05) is 5.69 Å². The standard InChI is InChI=1S/C20H19F2NO3/c21-15-5-3-14(4-6-15)20(11-1-2-12-20)19(25)26-13-18(24)23-17-9-7-16(22)8-10-17/h3-10H,1-2,11-13H2,(H,23,24). The number of rotatable bonds is 5. The highest BCUT2D eigenvalue weighted by atomic mass is 19.1. The van der Waals surface area contributed by atoms with Crippen LogP contribution in [0.3, 0.4) is 0 Å². The normalized spacial score (nSPS) is 15.5. The Balaban J connectivity index is 1.64. The Morgan fingerprint density at radius 3 is 2.04 bits per heavy atom. The first-order valence-corrected chi connectivity index (χ1v) is 8.48. The molecule has 0 spiro atoms. The molecule has 0 bridgehead atoms. The molecule has 0 radical (unpaired) electrons. The molecule has 1 N–H and O–H groups in total. The van der Waals surface area contributed by atoms with Gasteiger partial charge >= 0.3 is 5.97 Å². The van der Waals surface area contributed by atoms with Gasteiger partial charge in [-0.2, -0.15) is 0 Å². The van der Waals surface area contributed by atoms with Gasteiger partial charge in [0.1, 0.15) is 11.6 Å². The first-order chi connectivity index (χ1) is 12.5. The second-order valence-corrected chi connectivity index (χ2v) is 6.43. The lowest BCUT2D eigenvalue weighted by atomic mass is 9.79. The smallest absolute Gasteiger partial charge is 0.317 e. The molecular formula is C20H19F2NO3. The van der Waals surface area contributed by atoms with Crippen molar-refractivity contribution in [2.75, 3.05) is 11.9 Å². The lowest BCUT2D eigenvalue weighted by Gasteiger charge is -2.27.